The van der Waals surface area contributed by atoms with Gasteiger partial charge in [0.2, 0.25) is 0 Å². The quantitative estimate of drug-likeness (QED) is 0.878. The highest BCUT2D eigenvalue weighted by molar-refractivity contribution is 8.00. The highest BCUT2D eigenvalue weighted by atomic mass is 35.5. The summed E-state index contributed by atoms with van der Waals surface area (Å²) in [5.74, 6) is 0.843. The van der Waals surface area contributed by atoms with Gasteiger partial charge in [-0.25, -0.2) is 0 Å². The molecule has 1 aliphatic rings. The molecule has 2 unspecified atom stereocenters. The molecule has 0 bridgehead atoms. The molecule has 0 heterocycles. The molecule has 1 aliphatic carbocycles. The van der Waals surface area contributed by atoms with Crippen LogP contribution in [0.15, 0.2) is 41.3 Å². The van der Waals surface area contributed by atoms with Gasteiger partial charge in [0.1, 0.15) is 5.75 Å². The van der Waals surface area contributed by atoms with Crippen LogP contribution in [0.2, 0.25) is 10.0 Å². The topological polar surface area (TPSA) is 35.2 Å². The monoisotopic (exact) mass is 339 g/mol. The Morgan fingerprint density at radius 2 is 2.00 bits per heavy atom. The number of thioether (sulfide) groups is 1. The Morgan fingerprint density at radius 1 is 1.19 bits per heavy atom. The molecule has 0 aliphatic heterocycles. The molecule has 2 nitrogen and oxygen atoms in total. The van der Waals surface area contributed by atoms with E-state index in [1.54, 1.807) is 24.9 Å². The average Bonchev–Trinajstić information content (AvgIpc) is 2.79. The first kappa shape index (κ1) is 15.0. The van der Waals surface area contributed by atoms with Crippen molar-refractivity contribution >= 4 is 35.0 Å². The maximum atomic E-state index is 6.40. The van der Waals surface area contributed by atoms with Crippen molar-refractivity contribution in [3.05, 3.63) is 57.6 Å². The summed E-state index contributed by atoms with van der Waals surface area (Å²) in [6.07, 6.45) is 0.925. The van der Waals surface area contributed by atoms with Gasteiger partial charge in [-0.15, -0.1) is 11.8 Å². The van der Waals surface area contributed by atoms with E-state index in [0.29, 0.717) is 10.0 Å². The van der Waals surface area contributed by atoms with Gasteiger partial charge in [0.05, 0.1) is 12.1 Å². The van der Waals surface area contributed by atoms with Crippen LogP contribution in [0.4, 0.5) is 0 Å². The van der Waals surface area contributed by atoms with Gasteiger partial charge >= 0.3 is 0 Å². The van der Waals surface area contributed by atoms with Crippen LogP contribution in [-0.4, -0.2) is 12.4 Å². The number of hydrogen-bond donors (Lipinski definition) is 1. The third kappa shape index (κ3) is 3.02. The second kappa shape index (κ2) is 6.09. The maximum Gasteiger partial charge on any atom is 0.119 e. The van der Waals surface area contributed by atoms with E-state index in [0.717, 1.165) is 22.6 Å². The van der Waals surface area contributed by atoms with Crippen molar-refractivity contribution in [1.82, 2.24) is 0 Å². The molecule has 0 fully saturated rings. The van der Waals surface area contributed by atoms with Crippen LogP contribution in [0, 0.1) is 0 Å². The summed E-state index contributed by atoms with van der Waals surface area (Å²) in [7, 11) is 1.67. The SMILES string of the molecule is COc1ccc2c(c1)C(N)C(Sc1cc(Cl)ccc1Cl)C2. The van der Waals surface area contributed by atoms with Gasteiger partial charge in [0.15, 0.2) is 0 Å². The fraction of sp³-hybridized carbons (Fsp3) is 0.250. The van der Waals surface area contributed by atoms with Gasteiger partial charge in [-0.1, -0.05) is 29.3 Å². The van der Waals surface area contributed by atoms with Crippen molar-refractivity contribution in [2.75, 3.05) is 7.11 Å². The van der Waals surface area contributed by atoms with Crippen LogP contribution in [0.1, 0.15) is 17.2 Å². The van der Waals surface area contributed by atoms with Gasteiger partial charge in [-0.3, -0.25) is 0 Å². The highest BCUT2D eigenvalue weighted by Gasteiger charge is 2.31. The van der Waals surface area contributed by atoms with Crippen molar-refractivity contribution in [3.8, 4) is 5.75 Å². The predicted molar refractivity (Wildman–Crippen MR) is 89.7 cm³/mol. The van der Waals surface area contributed by atoms with E-state index in [4.69, 9.17) is 33.7 Å². The van der Waals surface area contributed by atoms with Gasteiger partial charge in [-0.05, 0) is 47.9 Å². The first-order valence-corrected chi connectivity index (χ1v) is 8.26. The first-order chi connectivity index (χ1) is 10.1. The minimum atomic E-state index is -0.0323. The van der Waals surface area contributed by atoms with Crippen LogP contribution < -0.4 is 10.5 Å². The van der Waals surface area contributed by atoms with E-state index >= 15 is 0 Å². The normalized spacial score (nSPS) is 20.4. The molecule has 21 heavy (non-hydrogen) atoms. The lowest BCUT2D eigenvalue weighted by Crippen LogP contribution is -2.18. The van der Waals surface area contributed by atoms with Crippen molar-refractivity contribution in [2.24, 2.45) is 5.73 Å². The molecule has 0 aromatic heterocycles. The summed E-state index contributed by atoms with van der Waals surface area (Å²) >= 11 is 14.0. The zero-order valence-electron chi connectivity index (χ0n) is 11.5. The fourth-order valence-corrected chi connectivity index (χ4v) is 4.33. The van der Waals surface area contributed by atoms with E-state index in [1.807, 2.05) is 24.3 Å². The predicted octanol–water partition coefficient (Wildman–Crippen LogP) is 4.72. The van der Waals surface area contributed by atoms with Gasteiger partial charge in [-0.2, -0.15) is 0 Å². The first-order valence-electron chi connectivity index (χ1n) is 6.62. The van der Waals surface area contributed by atoms with Crippen LogP contribution >= 0.6 is 35.0 Å². The zero-order chi connectivity index (χ0) is 15.0. The lowest BCUT2D eigenvalue weighted by Gasteiger charge is -2.16. The summed E-state index contributed by atoms with van der Waals surface area (Å²) in [5, 5.41) is 1.65. The third-order valence-electron chi connectivity index (χ3n) is 3.71. The average molecular weight is 340 g/mol. The molecule has 2 aromatic carbocycles. The van der Waals surface area contributed by atoms with Gasteiger partial charge < -0.3 is 10.5 Å². The second-order valence-electron chi connectivity index (χ2n) is 5.03. The number of rotatable bonds is 3. The number of halogens is 2. The molecule has 0 spiro atoms. The minimum Gasteiger partial charge on any atom is -0.497 e. The Hall–Kier alpha value is -0.870. The van der Waals surface area contributed by atoms with Crippen molar-refractivity contribution in [3.63, 3.8) is 0 Å². The number of nitrogens with two attached hydrogens (primary N) is 1. The maximum absolute atomic E-state index is 6.40. The molecule has 0 saturated heterocycles. The van der Waals surface area contributed by atoms with Crippen LogP contribution in [-0.2, 0) is 6.42 Å². The smallest absolute Gasteiger partial charge is 0.119 e. The van der Waals surface area contributed by atoms with Gasteiger partial charge in [0.25, 0.3) is 0 Å². The highest BCUT2D eigenvalue weighted by Crippen LogP contribution is 2.43. The van der Waals surface area contributed by atoms with Gasteiger partial charge in [0, 0.05) is 21.2 Å². The molecule has 0 radical (unpaired) electrons. The Morgan fingerprint density at radius 3 is 2.76 bits per heavy atom. The molecule has 2 aromatic rings. The van der Waals surface area contributed by atoms with E-state index in [1.165, 1.54) is 5.56 Å². The summed E-state index contributed by atoms with van der Waals surface area (Å²) in [6.45, 7) is 0. The third-order valence-corrected chi connectivity index (χ3v) is 5.74. The van der Waals surface area contributed by atoms with E-state index in [9.17, 15) is 0 Å². The van der Waals surface area contributed by atoms with Crippen LogP contribution in [0.25, 0.3) is 0 Å². The molecule has 2 atom stereocenters. The Balaban J connectivity index is 1.84. The number of hydrogen-bond acceptors (Lipinski definition) is 3. The summed E-state index contributed by atoms with van der Waals surface area (Å²) in [5.41, 5.74) is 8.83. The minimum absolute atomic E-state index is 0.0323. The van der Waals surface area contributed by atoms with Crippen molar-refractivity contribution in [1.29, 1.82) is 0 Å². The summed E-state index contributed by atoms with van der Waals surface area (Å²) < 4.78 is 5.28. The summed E-state index contributed by atoms with van der Waals surface area (Å²) in [6, 6.07) is 11.6. The molecule has 2 N–H and O–H groups in total. The lowest BCUT2D eigenvalue weighted by atomic mass is 10.1. The molecule has 0 saturated carbocycles. The lowest BCUT2D eigenvalue weighted by molar-refractivity contribution is 0.414. The second-order valence-corrected chi connectivity index (χ2v) is 7.15. The Labute approximate surface area is 138 Å². The number of fused-ring (bicyclic) bond motifs is 1. The molecular formula is C16H15Cl2NOS. The molecule has 3 rings (SSSR count). The van der Waals surface area contributed by atoms with Crippen LogP contribution in [0.5, 0.6) is 5.75 Å². The zero-order valence-corrected chi connectivity index (χ0v) is 13.8. The van der Waals surface area contributed by atoms with Crippen LogP contribution in [0.3, 0.4) is 0 Å². The molecule has 110 valence electrons. The van der Waals surface area contributed by atoms with E-state index < -0.39 is 0 Å². The number of methoxy groups -OCH3 is 1. The number of ether oxygens (including phenoxy) is 1. The summed E-state index contributed by atoms with van der Waals surface area (Å²) in [4.78, 5) is 0.976. The molecular weight excluding hydrogens is 325 g/mol. The molecule has 0 amide bonds. The van der Waals surface area contributed by atoms with Crippen molar-refractivity contribution < 1.29 is 4.74 Å². The van der Waals surface area contributed by atoms with E-state index in [-0.39, 0.29) is 11.3 Å². The molecule has 5 heteroatoms. The largest absolute Gasteiger partial charge is 0.497 e. The van der Waals surface area contributed by atoms with E-state index in [2.05, 4.69) is 6.07 Å². The standard InChI is InChI=1S/C16H15Cl2NOS/c1-20-11-4-2-9-6-15(16(19)12(9)8-11)21-14-7-10(17)3-5-13(14)18/h2-5,7-8,15-16H,6,19H2,1H3. The fourth-order valence-electron chi connectivity index (χ4n) is 2.59. The number of benzene rings is 2. The van der Waals surface area contributed by atoms with Crippen molar-refractivity contribution in [2.45, 2.75) is 22.6 Å². The Bertz CT molecular complexity index is 677. The Kier molecular flexibility index (Phi) is 4.36.